The predicted molar refractivity (Wildman–Crippen MR) is 105 cm³/mol. The van der Waals surface area contributed by atoms with E-state index in [1.54, 1.807) is 6.20 Å². The highest BCUT2D eigenvalue weighted by atomic mass is 16.1. The summed E-state index contributed by atoms with van der Waals surface area (Å²) in [7, 11) is 0. The topological polar surface area (TPSA) is 104 Å². The average molecular weight is 367 g/mol. The summed E-state index contributed by atoms with van der Waals surface area (Å²) in [4.78, 5) is 33.9. The number of nitrogens with two attached hydrogens (primary N) is 1. The van der Waals surface area contributed by atoms with Crippen LogP contribution < -0.4 is 16.0 Å². The molecule has 0 spiro atoms. The van der Waals surface area contributed by atoms with Crippen molar-refractivity contribution in [3.05, 3.63) is 35.7 Å². The number of nitrogens with one attached hydrogen (secondary N) is 2. The summed E-state index contributed by atoms with van der Waals surface area (Å²) < 4.78 is 0. The summed E-state index contributed by atoms with van der Waals surface area (Å²) in [6.07, 6.45) is 9.04. The number of nitrogens with zero attached hydrogens (tertiary/aromatic N) is 2. The fraction of sp³-hybridized carbons (Fsp3) is 0.450. The van der Waals surface area contributed by atoms with Crippen molar-refractivity contribution in [1.29, 1.82) is 0 Å². The zero-order valence-corrected chi connectivity index (χ0v) is 15.4. The number of rotatable bonds is 4. The van der Waals surface area contributed by atoms with Gasteiger partial charge < -0.3 is 20.9 Å². The molecule has 1 saturated heterocycles. The molecule has 2 amide bonds. The van der Waals surface area contributed by atoms with E-state index in [1.165, 1.54) is 17.3 Å². The molecule has 7 heteroatoms. The largest absolute Gasteiger partial charge is 0.365 e. The summed E-state index contributed by atoms with van der Waals surface area (Å²) in [5.74, 6) is 0.266. The van der Waals surface area contributed by atoms with Crippen molar-refractivity contribution in [3.8, 4) is 0 Å². The first-order chi connectivity index (χ1) is 13.1. The van der Waals surface area contributed by atoms with Gasteiger partial charge in [-0.05, 0) is 50.2 Å². The first-order valence-corrected chi connectivity index (χ1v) is 9.58. The van der Waals surface area contributed by atoms with Crippen LogP contribution in [-0.2, 0) is 17.6 Å². The van der Waals surface area contributed by atoms with E-state index in [-0.39, 0.29) is 11.9 Å². The van der Waals surface area contributed by atoms with E-state index in [2.05, 4.69) is 26.8 Å². The lowest BCUT2D eigenvalue weighted by Gasteiger charge is -2.34. The van der Waals surface area contributed by atoms with Gasteiger partial charge in [0.25, 0.3) is 5.91 Å². The Labute approximate surface area is 158 Å². The Morgan fingerprint density at radius 3 is 2.93 bits per heavy atom. The highest BCUT2D eigenvalue weighted by Gasteiger charge is 2.27. The molecule has 2 aromatic rings. The SMILES string of the molecule is C=CC(=O)N[C@H]1CCCN(c2ncc(C(N)=O)c3[nH]c4c(c23)CCCC4)C1. The fourth-order valence-corrected chi connectivity index (χ4v) is 4.36. The lowest BCUT2D eigenvalue weighted by Crippen LogP contribution is -2.47. The molecule has 3 heterocycles. The maximum absolute atomic E-state index is 11.9. The van der Waals surface area contributed by atoms with Crippen LogP contribution in [0.4, 0.5) is 5.82 Å². The monoisotopic (exact) mass is 367 g/mol. The number of carbonyl (C=O) groups is 2. The summed E-state index contributed by atoms with van der Waals surface area (Å²) in [6.45, 7) is 5.09. The van der Waals surface area contributed by atoms with Crippen molar-refractivity contribution in [2.45, 2.75) is 44.6 Å². The molecule has 0 saturated carbocycles. The van der Waals surface area contributed by atoms with Crippen molar-refractivity contribution in [2.24, 2.45) is 5.73 Å². The van der Waals surface area contributed by atoms with Gasteiger partial charge in [-0.3, -0.25) is 9.59 Å². The van der Waals surface area contributed by atoms with Crippen LogP contribution in [0.3, 0.4) is 0 Å². The standard InChI is InChI=1S/C20H25N5O2/c1-2-16(26)23-12-6-5-9-25(11-12)20-17-13-7-3-4-8-15(13)24-18(17)14(10-22-20)19(21)27/h2,10,12,24H,1,3-9,11H2,(H2,21,27)(H,23,26)/t12-/m0/s1. The summed E-state index contributed by atoms with van der Waals surface area (Å²) in [5, 5.41) is 4.02. The molecule has 0 aromatic carbocycles. The zero-order chi connectivity index (χ0) is 19.0. The van der Waals surface area contributed by atoms with Crippen LogP contribution in [0.5, 0.6) is 0 Å². The Balaban J connectivity index is 1.76. The van der Waals surface area contributed by atoms with Gasteiger partial charge in [-0.15, -0.1) is 0 Å². The summed E-state index contributed by atoms with van der Waals surface area (Å²) in [5.41, 5.74) is 9.29. The minimum absolute atomic E-state index is 0.0617. The number of fused-ring (bicyclic) bond motifs is 3. The quantitative estimate of drug-likeness (QED) is 0.717. The molecule has 1 atom stereocenters. The van der Waals surface area contributed by atoms with Gasteiger partial charge in [0.1, 0.15) is 5.82 Å². The Bertz CT molecular complexity index is 917. The van der Waals surface area contributed by atoms with Crippen LogP contribution in [-0.4, -0.2) is 40.9 Å². The molecule has 2 aromatic heterocycles. The third-order valence-corrected chi connectivity index (χ3v) is 5.62. The van der Waals surface area contributed by atoms with E-state index >= 15 is 0 Å². The van der Waals surface area contributed by atoms with Crippen LogP contribution in [0.2, 0.25) is 0 Å². The summed E-state index contributed by atoms with van der Waals surface area (Å²) >= 11 is 0. The highest BCUT2D eigenvalue weighted by molar-refractivity contribution is 6.09. The average Bonchev–Trinajstić information content (AvgIpc) is 3.06. The van der Waals surface area contributed by atoms with Gasteiger partial charge in [0.05, 0.1) is 11.1 Å². The Hall–Kier alpha value is -2.83. The van der Waals surface area contributed by atoms with Crippen molar-refractivity contribution < 1.29 is 9.59 Å². The Morgan fingerprint density at radius 2 is 2.15 bits per heavy atom. The fourth-order valence-electron chi connectivity index (χ4n) is 4.36. The third kappa shape index (κ3) is 3.18. The molecule has 27 heavy (non-hydrogen) atoms. The number of hydrogen-bond donors (Lipinski definition) is 3. The number of aromatic amines is 1. The molecule has 142 valence electrons. The van der Waals surface area contributed by atoms with Gasteiger partial charge in [0.2, 0.25) is 5.91 Å². The Kier molecular flexibility index (Phi) is 4.59. The lowest BCUT2D eigenvalue weighted by atomic mass is 9.95. The lowest BCUT2D eigenvalue weighted by molar-refractivity contribution is -0.117. The number of pyridine rings is 1. The van der Waals surface area contributed by atoms with Crippen LogP contribution in [0.1, 0.15) is 47.3 Å². The first kappa shape index (κ1) is 17.6. The van der Waals surface area contributed by atoms with Crippen LogP contribution in [0.15, 0.2) is 18.9 Å². The van der Waals surface area contributed by atoms with E-state index in [0.29, 0.717) is 12.1 Å². The molecular weight excluding hydrogens is 342 g/mol. The molecule has 0 unspecified atom stereocenters. The van der Waals surface area contributed by atoms with Crippen LogP contribution in [0.25, 0.3) is 10.9 Å². The van der Waals surface area contributed by atoms with Gasteiger partial charge >= 0.3 is 0 Å². The Morgan fingerprint density at radius 1 is 1.33 bits per heavy atom. The second kappa shape index (κ2) is 7.06. The molecule has 2 aliphatic rings. The van der Waals surface area contributed by atoms with E-state index in [0.717, 1.165) is 61.8 Å². The number of piperidine rings is 1. The number of hydrogen-bond acceptors (Lipinski definition) is 4. The molecule has 4 rings (SSSR count). The van der Waals surface area contributed by atoms with Crippen molar-refractivity contribution in [3.63, 3.8) is 0 Å². The van der Waals surface area contributed by atoms with E-state index in [9.17, 15) is 9.59 Å². The van der Waals surface area contributed by atoms with Crippen molar-refractivity contribution >= 4 is 28.5 Å². The van der Waals surface area contributed by atoms with Gasteiger partial charge in [-0.2, -0.15) is 0 Å². The normalized spacial score (nSPS) is 19.6. The van der Waals surface area contributed by atoms with Gasteiger partial charge in [-0.1, -0.05) is 6.58 Å². The molecule has 1 aliphatic carbocycles. The predicted octanol–water partition coefficient (Wildman–Crippen LogP) is 1.81. The number of aryl methyl sites for hydroxylation is 2. The number of amides is 2. The van der Waals surface area contributed by atoms with E-state index in [4.69, 9.17) is 5.73 Å². The van der Waals surface area contributed by atoms with Gasteiger partial charge in [0.15, 0.2) is 0 Å². The second-order valence-corrected chi connectivity index (χ2v) is 7.40. The number of carbonyl (C=O) groups excluding carboxylic acids is 2. The minimum atomic E-state index is -0.465. The van der Waals surface area contributed by atoms with Crippen LogP contribution >= 0.6 is 0 Å². The zero-order valence-electron chi connectivity index (χ0n) is 15.4. The first-order valence-electron chi connectivity index (χ1n) is 9.58. The number of H-pyrrole nitrogens is 1. The number of primary amides is 1. The molecule has 1 fully saturated rings. The molecule has 4 N–H and O–H groups in total. The maximum Gasteiger partial charge on any atom is 0.252 e. The molecule has 1 aliphatic heterocycles. The minimum Gasteiger partial charge on any atom is -0.365 e. The smallest absolute Gasteiger partial charge is 0.252 e. The van der Waals surface area contributed by atoms with E-state index < -0.39 is 5.91 Å². The molecular formula is C20H25N5O2. The van der Waals surface area contributed by atoms with Gasteiger partial charge in [0, 0.05) is 36.4 Å². The molecule has 0 bridgehead atoms. The second-order valence-electron chi connectivity index (χ2n) is 7.40. The van der Waals surface area contributed by atoms with Crippen molar-refractivity contribution in [2.75, 3.05) is 18.0 Å². The number of aromatic nitrogens is 2. The highest BCUT2D eigenvalue weighted by Crippen LogP contribution is 2.36. The number of anilines is 1. The third-order valence-electron chi connectivity index (χ3n) is 5.62. The van der Waals surface area contributed by atoms with Crippen LogP contribution in [0, 0.1) is 0 Å². The van der Waals surface area contributed by atoms with E-state index in [1.807, 2.05) is 0 Å². The maximum atomic E-state index is 11.9. The summed E-state index contributed by atoms with van der Waals surface area (Å²) in [6, 6.07) is 0.0617. The molecule has 0 radical (unpaired) electrons. The van der Waals surface area contributed by atoms with Crippen molar-refractivity contribution in [1.82, 2.24) is 15.3 Å². The molecule has 7 nitrogen and oxygen atoms in total. The van der Waals surface area contributed by atoms with Gasteiger partial charge in [-0.25, -0.2) is 4.98 Å².